The number of benzene rings is 3. The van der Waals surface area contributed by atoms with Crippen LogP contribution in [-0.4, -0.2) is 300 Å². The maximum absolute atomic E-state index is 10.8. The lowest BCUT2D eigenvalue weighted by Crippen LogP contribution is -2.46. The van der Waals surface area contributed by atoms with Crippen molar-refractivity contribution in [2.75, 3.05) is 123 Å². The van der Waals surface area contributed by atoms with Crippen molar-refractivity contribution in [3.05, 3.63) is 89.5 Å². The molecule has 8 rings (SSSR count). The number of carboxylic acid groups (broad SMARTS) is 9. The van der Waals surface area contributed by atoms with E-state index in [-0.39, 0.29) is 47.3 Å². The summed E-state index contributed by atoms with van der Waals surface area (Å²) in [6, 6.07) is 21.9. The highest BCUT2D eigenvalue weighted by Gasteiger charge is 2.53. The van der Waals surface area contributed by atoms with Gasteiger partial charge in [-0.3, -0.25) is 15.0 Å². The summed E-state index contributed by atoms with van der Waals surface area (Å²) in [4.78, 5) is 106. The first-order valence-corrected chi connectivity index (χ1v) is 35.3. The molecule has 0 aromatic heterocycles. The Morgan fingerprint density at radius 3 is 1.06 bits per heavy atom. The number of ether oxygens (including phenoxy) is 12. The fourth-order valence-electron chi connectivity index (χ4n) is 8.90. The maximum Gasteiger partial charge on any atom is 0.336 e. The van der Waals surface area contributed by atoms with Gasteiger partial charge in [-0.2, -0.15) is 0 Å². The highest BCUT2D eigenvalue weighted by Crippen LogP contribution is 2.44. The van der Waals surface area contributed by atoms with Crippen molar-refractivity contribution in [2.45, 2.75) is 167 Å². The molecule has 648 valence electrons. The van der Waals surface area contributed by atoms with Crippen molar-refractivity contribution in [2.24, 2.45) is 44.0 Å². The van der Waals surface area contributed by atoms with Crippen molar-refractivity contribution in [1.82, 2.24) is 10.6 Å². The molecular formula is C76H124N8O30. The molecule has 2 aliphatic heterocycles. The number of carbonyl (C=O) groups is 9. The molecule has 114 heavy (non-hydrogen) atoms. The van der Waals surface area contributed by atoms with E-state index in [0.717, 1.165) is 75.0 Å². The second kappa shape index (κ2) is 58.2. The van der Waals surface area contributed by atoms with E-state index < -0.39 is 101 Å². The van der Waals surface area contributed by atoms with Gasteiger partial charge in [-0.1, -0.05) is 28.2 Å². The van der Waals surface area contributed by atoms with Crippen LogP contribution < -0.4 is 42.0 Å². The predicted molar refractivity (Wildman–Crippen MR) is 420 cm³/mol. The number of amidine groups is 3. The van der Waals surface area contributed by atoms with E-state index in [1.165, 1.54) is 91.7 Å². The van der Waals surface area contributed by atoms with Crippen molar-refractivity contribution in [3.8, 4) is 17.2 Å². The number of nitrogens with zero attached hydrogens (tertiary/aromatic N) is 3. The van der Waals surface area contributed by atoms with Crippen LogP contribution in [0.3, 0.4) is 0 Å². The normalized spacial score (nSPS) is 17.7. The number of aliphatic carboxylic acids is 9. The van der Waals surface area contributed by atoms with Gasteiger partial charge < -0.3 is 131 Å². The molecule has 1 unspecified atom stereocenters. The number of rotatable bonds is 35. The van der Waals surface area contributed by atoms with Gasteiger partial charge in [0.25, 0.3) is 0 Å². The van der Waals surface area contributed by atoms with Crippen molar-refractivity contribution < 1.29 is 146 Å². The number of hydrogen-bond donors (Lipinski definition) is 14. The summed E-state index contributed by atoms with van der Waals surface area (Å²) in [5.41, 5.74) is 17.8. The van der Waals surface area contributed by atoms with Gasteiger partial charge in [0, 0.05) is 112 Å². The van der Waals surface area contributed by atoms with E-state index in [0.29, 0.717) is 84.9 Å². The van der Waals surface area contributed by atoms with Crippen LogP contribution >= 0.6 is 0 Å². The summed E-state index contributed by atoms with van der Waals surface area (Å²) in [5, 5.41) is 82.4. The topological polar surface area (TPSA) is 586 Å². The zero-order chi connectivity index (χ0) is 85.3. The molecule has 0 spiro atoms. The third kappa shape index (κ3) is 42.4. The van der Waals surface area contributed by atoms with Gasteiger partial charge in [-0.15, -0.1) is 0 Å². The third-order valence-corrected chi connectivity index (χ3v) is 17.2. The molecule has 38 nitrogen and oxygen atoms in total. The molecule has 5 aliphatic rings. The molecule has 8 atom stereocenters. The molecule has 3 saturated carbocycles. The first kappa shape index (κ1) is 108. The number of methoxy groups -OCH3 is 9. The Bertz CT molecular complexity index is 3250. The van der Waals surface area contributed by atoms with Gasteiger partial charge in [0.1, 0.15) is 61.2 Å². The Kier molecular flexibility index (Phi) is 55.3. The molecule has 0 amide bonds. The molecule has 0 bridgehead atoms. The molecule has 5 fully saturated rings. The van der Waals surface area contributed by atoms with Gasteiger partial charge in [0.05, 0.1) is 12.1 Å². The lowest BCUT2D eigenvalue weighted by atomic mass is 9.80. The highest BCUT2D eigenvalue weighted by atomic mass is 16.6. The van der Waals surface area contributed by atoms with Crippen LogP contribution in [0.4, 0.5) is 0 Å². The molecule has 3 aromatic carbocycles. The van der Waals surface area contributed by atoms with Crippen molar-refractivity contribution in [1.29, 1.82) is 0 Å². The standard InChI is InChI=1S/C16H21N3O4.C16H23N3O4.C15H22N2O4.C6H10O3.C5H8O3.C5H10O3.2C4H8O3.C3H6O3.2CH4/c1-22-13(16(20)21)8-23-10-4-2-9(3-5-10)15(17)19-14-11-6-18-7-12(11)14;1-22-14(16(20)21)10-23-13-4-2-11(3-5-13)15(17)19-12-6-8-18-9-7-12;1-3-4-9-17-14(16)11-5-7-12(8-6-11)21-10-13(20-2)15(18)19;1-9-6(5(7)8)3-2-4-6;1-8-5(2-3-5)4(6)7;1-5(2,8-3)4(6)7;2*1-3(7-2)4(5)6;1-6-2-3(4)5;;/h2-5,11-14,18H,6-8H2,1H3,(H2,17,19)(H,20,21);2-5,12,14,18H,6-10H2,1H3,(H2,17,19)(H,20,21);5-8,13H,3-4,9-10H2,1-2H3,(H2,16,17)(H,18,19);2-4H2,1H3,(H,7,8);2-3H2,1H3,(H,6,7);1-3H3,(H,6,7);2*3H,1-2H3,(H,5,6);2H2,1H3,(H,4,5);2*1H4/t11-,12+,13-,14?;14-;13-;;;;2*3-;;;/m000...10.../s1. The summed E-state index contributed by atoms with van der Waals surface area (Å²) in [5.74, 6) is -4.04. The number of carboxylic acids is 9. The van der Waals surface area contributed by atoms with E-state index in [1.54, 1.807) is 48.5 Å². The van der Waals surface area contributed by atoms with Crippen LogP contribution in [-0.2, 0) is 85.8 Å². The fourth-order valence-corrected chi connectivity index (χ4v) is 8.90. The summed E-state index contributed by atoms with van der Waals surface area (Å²) >= 11 is 0. The molecule has 3 aliphatic carbocycles. The van der Waals surface area contributed by atoms with Crippen LogP contribution in [0, 0.1) is 11.8 Å². The van der Waals surface area contributed by atoms with Crippen LogP contribution in [0.15, 0.2) is 87.8 Å². The maximum atomic E-state index is 10.8. The summed E-state index contributed by atoms with van der Waals surface area (Å²) < 4.78 is 57.8. The Hall–Kier alpha value is -9.74. The number of nitrogens with one attached hydrogen (secondary N) is 2. The Morgan fingerprint density at radius 2 is 0.851 bits per heavy atom. The first-order valence-electron chi connectivity index (χ1n) is 35.3. The summed E-state index contributed by atoms with van der Waals surface area (Å²) in [6.45, 7) is 12.4. The molecule has 2 saturated heterocycles. The number of hydrogen-bond acceptors (Lipinski definition) is 26. The number of fused-ring (bicyclic) bond motifs is 1. The van der Waals surface area contributed by atoms with E-state index in [4.69, 9.17) is 101 Å². The molecular weight excluding hydrogens is 1500 g/mol. The average molecular weight is 1630 g/mol. The molecule has 38 heteroatoms. The quantitative estimate of drug-likeness (QED) is 0.0210. The summed E-state index contributed by atoms with van der Waals surface area (Å²) in [6.07, 6.45) is 3.40. The van der Waals surface area contributed by atoms with Gasteiger partial charge in [-0.25, -0.2) is 43.2 Å². The van der Waals surface area contributed by atoms with Crippen molar-refractivity contribution >= 4 is 71.2 Å². The minimum Gasteiger partial charge on any atom is -0.490 e. The van der Waals surface area contributed by atoms with Crippen molar-refractivity contribution in [3.63, 3.8) is 0 Å². The Labute approximate surface area is 666 Å². The zero-order valence-corrected chi connectivity index (χ0v) is 66.0. The Balaban J connectivity index is -0.00000128. The molecule has 2 heterocycles. The van der Waals surface area contributed by atoms with Gasteiger partial charge in [-0.05, 0) is 165 Å². The van der Waals surface area contributed by atoms with Crippen LogP contribution in [0.25, 0.3) is 0 Å². The molecule has 17 N–H and O–H groups in total. The molecule has 0 radical (unpaired) electrons. The van der Waals surface area contributed by atoms with Gasteiger partial charge in [0.15, 0.2) is 47.3 Å². The minimum atomic E-state index is -1.05. The SMILES string of the molecule is C.C.CCCCN=C(N)c1ccc(OC[C@H](OC)C(=O)O)cc1.COC(C)(C)C(=O)O.COC1(C(=O)O)CC1.COC1(C(=O)O)CCC1.COCC(=O)O.CO[C@@H](C)C(=O)O.CO[C@@H](COc1ccc(C(N)=NC2CCNCC2)cc1)C(=O)O.CO[C@@H](COc1ccc(C(N)=NC2[C@H]3CNC[C@@H]23)cc1)C(=O)O.CO[C@H](C)C(=O)O. The minimum absolute atomic E-state index is 0. The highest BCUT2D eigenvalue weighted by molar-refractivity contribution is 5.99. The second-order valence-electron chi connectivity index (χ2n) is 25.4. The number of unbranched alkanes of at least 4 members (excludes halogenated alkanes) is 1. The largest absolute Gasteiger partial charge is 0.490 e. The monoisotopic (exact) mass is 1630 g/mol. The van der Waals surface area contributed by atoms with E-state index in [1.807, 2.05) is 24.3 Å². The number of piperidine rings is 2. The van der Waals surface area contributed by atoms with E-state index >= 15 is 0 Å². The smallest absolute Gasteiger partial charge is 0.336 e. The van der Waals surface area contributed by atoms with Crippen LogP contribution in [0.5, 0.6) is 17.2 Å². The second-order valence-corrected chi connectivity index (χ2v) is 25.4. The first-order chi connectivity index (χ1) is 52.8. The van der Waals surface area contributed by atoms with Gasteiger partial charge in [0.2, 0.25) is 0 Å². The Morgan fingerprint density at radius 1 is 0.500 bits per heavy atom. The lowest BCUT2D eigenvalue weighted by molar-refractivity contribution is -0.173. The fraction of sp³-hybridized carbons (Fsp3) is 0.605. The number of nitrogens with two attached hydrogens (primary N) is 3. The molecule has 3 aromatic rings. The third-order valence-electron chi connectivity index (χ3n) is 17.2. The van der Waals surface area contributed by atoms with Crippen LogP contribution in [0.2, 0.25) is 0 Å². The lowest BCUT2D eigenvalue weighted by Gasteiger charge is -2.35. The van der Waals surface area contributed by atoms with Crippen LogP contribution in [0.1, 0.15) is 124 Å². The number of aliphatic imine (C=N–C) groups is 3. The zero-order valence-electron chi connectivity index (χ0n) is 66.0. The predicted octanol–water partition coefficient (Wildman–Crippen LogP) is 4.97. The van der Waals surface area contributed by atoms with E-state index in [2.05, 4.69) is 51.5 Å². The summed E-state index contributed by atoms with van der Waals surface area (Å²) in [7, 11) is 12.3. The van der Waals surface area contributed by atoms with Gasteiger partial charge >= 0.3 is 53.7 Å². The van der Waals surface area contributed by atoms with E-state index in [9.17, 15) is 43.2 Å². The average Bonchev–Trinajstić information content (AvgIpc) is 1.60.